The number of aryl methyl sites for hydroxylation is 1. The lowest BCUT2D eigenvalue weighted by Gasteiger charge is -2.12. The first-order chi connectivity index (χ1) is 14.3. The zero-order chi connectivity index (χ0) is 21.7. The highest BCUT2D eigenvalue weighted by Crippen LogP contribution is 2.31. The predicted octanol–water partition coefficient (Wildman–Crippen LogP) is 3.78. The molecule has 0 saturated carbocycles. The molecule has 1 N–H and O–H groups in total. The summed E-state index contributed by atoms with van der Waals surface area (Å²) in [6.45, 7) is 1.93. The van der Waals surface area contributed by atoms with Crippen molar-refractivity contribution in [2.45, 2.75) is 11.8 Å². The van der Waals surface area contributed by atoms with E-state index in [1.54, 1.807) is 19.2 Å². The summed E-state index contributed by atoms with van der Waals surface area (Å²) < 4.78 is 43.5. The summed E-state index contributed by atoms with van der Waals surface area (Å²) in [4.78, 5) is 15.8. The van der Waals surface area contributed by atoms with Crippen LogP contribution in [0.3, 0.4) is 0 Å². The molecule has 0 spiro atoms. The molecule has 0 aliphatic carbocycles. The third-order valence-electron chi connectivity index (χ3n) is 4.10. The molecule has 0 aliphatic heterocycles. The van der Waals surface area contributed by atoms with Gasteiger partial charge in [-0.1, -0.05) is 18.2 Å². The molecule has 0 atom stereocenters. The molecule has 8 nitrogen and oxygen atoms in total. The number of nitrogens with zero attached hydrogens (tertiary/aromatic N) is 1. The molecule has 3 aromatic rings. The molecule has 30 heavy (non-hydrogen) atoms. The van der Waals surface area contributed by atoms with Gasteiger partial charge in [-0.05, 0) is 42.8 Å². The summed E-state index contributed by atoms with van der Waals surface area (Å²) in [6, 6.07) is 14.3. The van der Waals surface area contributed by atoms with Crippen LogP contribution in [0.5, 0.6) is 17.4 Å². The number of esters is 1. The quantitative estimate of drug-likeness (QED) is 0.571. The van der Waals surface area contributed by atoms with E-state index in [-0.39, 0.29) is 22.0 Å². The number of hydrogen-bond donors (Lipinski definition) is 1. The lowest BCUT2D eigenvalue weighted by molar-refractivity contribution is 0.0596. The standard InChI is InChI=1S/C21H20N2O6S/c1-14-8-10-17(18(12-14)27-2)29-20-11-9-15(13-22-20)23-30(25,26)19-7-5-4-6-16(19)21(24)28-3/h4-13,23H,1-3H3. The van der Waals surface area contributed by atoms with Gasteiger partial charge in [-0.25, -0.2) is 18.2 Å². The molecule has 0 aliphatic rings. The fraction of sp³-hybridized carbons (Fsp3) is 0.143. The fourth-order valence-corrected chi connectivity index (χ4v) is 3.90. The van der Waals surface area contributed by atoms with Crippen LogP contribution >= 0.6 is 0 Å². The first kappa shape index (κ1) is 21.1. The van der Waals surface area contributed by atoms with Crippen molar-refractivity contribution in [3.8, 4) is 17.4 Å². The Kier molecular flexibility index (Phi) is 6.22. The number of methoxy groups -OCH3 is 2. The highest BCUT2D eigenvalue weighted by Gasteiger charge is 2.22. The lowest BCUT2D eigenvalue weighted by atomic mass is 10.2. The molecule has 1 heterocycles. The monoisotopic (exact) mass is 428 g/mol. The predicted molar refractivity (Wildman–Crippen MR) is 111 cm³/mol. The maximum Gasteiger partial charge on any atom is 0.339 e. The number of aromatic nitrogens is 1. The maximum atomic E-state index is 12.7. The van der Waals surface area contributed by atoms with Crippen molar-refractivity contribution >= 4 is 21.7 Å². The van der Waals surface area contributed by atoms with Gasteiger partial charge in [-0.2, -0.15) is 0 Å². The van der Waals surface area contributed by atoms with Crippen molar-refractivity contribution in [2.75, 3.05) is 18.9 Å². The Morgan fingerprint density at radius 3 is 2.43 bits per heavy atom. The van der Waals surface area contributed by atoms with Crippen LogP contribution in [0.2, 0.25) is 0 Å². The van der Waals surface area contributed by atoms with Crippen molar-refractivity contribution in [1.29, 1.82) is 0 Å². The van der Waals surface area contributed by atoms with E-state index in [0.29, 0.717) is 11.5 Å². The van der Waals surface area contributed by atoms with Crippen LogP contribution < -0.4 is 14.2 Å². The van der Waals surface area contributed by atoms with Gasteiger partial charge < -0.3 is 14.2 Å². The second-order valence-electron chi connectivity index (χ2n) is 6.23. The minimum absolute atomic E-state index is 0.0631. The van der Waals surface area contributed by atoms with Crippen LogP contribution in [0.25, 0.3) is 0 Å². The molecule has 1 aromatic heterocycles. The second kappa shape index (κ2) is 8.83. The summed E-state index contributed by atoms with van der Waals surface area (Å²) in [5.74, 6) is 0.553. The Morgan fingerprint density at radius 2 is 1.77 bits per heavy atom. The number of anilines is 1. The average Bonchev–Trinajstić information content (AvgIpc) is 2.75. The molecule has 0 unspecified atom stereocenters. The molecule has 9 heteroatoms. The Morgan fingerprint density at radius 1 is 1.00 bits per heavy atom. The summed E-state index contributed by atoms with van der Waals surface area (Å²) in [5.41, 5.74) is 1.16. The van der Waals surface area contributed by atoms with Gasteiger partial charge in [0.2, 0.25) is 5.88 Å². The summed E-state index contributed by atoms with van der Waals surface area (Å²) in [6.07, 6.45) is 1.31. The van der Waals surface area contributed by atoms with Gasteiger partial charge in [0.15, 0.2) is 11.5 Å². The number of carbonyl (C=O) groups is 1. The zero-order valence-electron chi connectivity index (χ0n) is 16.6. The van der Waals surface area contributed by atoms with Crippen molar-refractivity contribution < 1.29 is 27.4 Å². The van der Waals surface area contributed by atoms with Gasteiger partial charge >= 0.3 is 5.97 Å². The number of sulfonamides is 1. The first-order valence-corrected chi connectivity index (χ1v) is 10.3. The SMILES string of the molecule is COC(=O)c1ccccc1S(=O)(=O)Nc1ccc(Oc2ccc(C)cc2OC)nc1. The zero-order valence-corrected chi connectivity index (χ0v) is 17.4. The van der Waals surface area contributed by atoms with Crippen LogP contribution in [-0.4, -0.2) is 33.6 Å². The minimum Gasteiger partial charge on any atom is -0.493 e. The molecular weight excluding hydrogens is 408 g/mol. The minimum atomic E-state index is -4.04. The van der Waals surface area contributed by atoms with Crippen molar-refractivity contribution in [3.05, 3.63) is 71.9 Å². The van der Waals surface area contributed by atoms with E-state index in [9.17, 15) is 13.2 Å². The van der Waals surface area contributed by atoms with Crippen LogP contribution in [0, 0.1) is 6.92 Å². The van der Waals surface area contributed by atoms with Crippen molar-refractivity contribution in [1.82, 2.24) is 4.98 Å². The molecule has 2 aromatic carbocycles. The summed E-state index contributed by atoms with van der Waals surface area (Å²) in [7, 11) is -1.31. The summed E-state index contributed by atoms with van der Waals surface area (Å²) in [5, 5.41) is 0. The van der Waals surface area contributed by atoms with Gasteiger partial charge in [-0.15, -0.1) is 0 Å². The van der Waals surface area contributed by atoms with Crippen molar-refractivity contribution in [2.24, 2.45) is 0 Å². The molecule has 156 valence electrons. The molecule has 0 radical (unpaired) electrons. The largest absolute Gasteiger partial charge is 0.493 e. The van der Waals surface area contributed by atoms with Crippen LogP contribution in [-0.2, 0) is 14.8 Å². The Hall–Kier alpha value is -3.59. The van der Waals surface area contributed by atoms with Gasteiger partial charge in [0.05, 0.1) is 31.7 Å². The van der Waals surface area contributed by atoms with Gasteiger partial charge in [0.1, 0.15) is 4.90 Å². The average molecular weight is 428 g/mol. The van der Waals surface area contributed by atoms with E-state index in [1.807, 2.05) is 19.1 Å². The van der Waals surface area contributed by atoms with E-state index in [2.05, 4.69) is 14.4 Å². The van der Waals surface area contributed by atoms with Gasteiger partial charge in [0, 0.05) is 6.07 Å². The van der Waals surface area contributed by atoms with E-state index in [0.717, 1.165) is 5.56 Å². The second-order valence-corrected chi connectivity index (χ2v) is 7.89. The van der Waals surface area contributed by atoms with E-state index < -0.39 is 16.0 Å². The number of carbonyl (C=O) groups excluding carboxylic acids is 1. The molecule has 0 saturated heterocycles. The highest BCUT2D eigenvalue weighted by molar-refractivity contribution is 7.92. The fourth-order valence-electron chi connectivity index (χ4n) is 2.66. The van der Waals surface area contributed by atoms with Crippen molar-refractivity contribution in [3.63, 3.8) is 0 Å². The number of ether oxygens (including phenoxy) is 3. The molecule has 3 rings (SSSR count). The third-order valence-corrected chi connectivity index (χ3v) is 5.54. The summed E-state index contributed by atoms with van der Waals surface area (Å²) >= 11 is 0. The number of pyridine rings is 1. The Labute approximate surface area is 174 Å². The van der Waals surface area contributed by atoms with E-state index in [4.69, 9.17) is 9.47 Å². The molecule has 0 fully saturated rings. The van der Waals surface area contributed by atoms with E-state index in [1.165, 1.54) is 43.6 Å². The number of rotatable bonds is 7. The van der Waals surface area contributed by atoms with Crippen LogP contribution in [0.4, 0.5) is 5.69 Å². The smallest absolute Gasteiger partial charge is 0.339 e. The first-order valence-electron chi connectivity index (χ1n) is 8.83. The van der Waals surface area contributed by atoms with E-state index >= 15 is 0 Å². The normalized spacial score (nSPS) is 10.9. The Bertz CT molecular complexity index is 1160. The highest BCUT2D eigenvalue weighted by atomic mass is 32.2. The molecule has 0 amide bonds. The lowest BCUT2D eigenvalue weighted by Crippen LogP contribution is -2.17. The molecule has 0 bridgehead atoms. The van der Waals surface area contributed by atoms with Gasteiger partial charge in [-0.3, -0.25) is 4.72 Å². The number of benzene rings is 2. The number of hydrogen-bond acceptors (Lipinski definition) is 7. The third kappa shape index (κ3) is 4.69. The van der Waals surface area contributed by atoms with Gasteiger partial charge in [0.25, 0.3) is 10.0 Å². The number of nitrogens with one attached hydrogen (secondary N) is 1. The topological polar surface area (TPSA) is 104 Å². The van der Waals surface area contributed by atoms with Crippen LogP contribution in [0.1, 0.15) is 15.9 Å². The molecular formula is C21H20N2O6S. The maximum absolute atomic E-state index is 12.7. The Balaban J connectivity index is 1.80. The van der Waals surface area contributed by atoms with Crippen LogP contribution in [0.15, 0.2) is 65.7 Å².